The van der Waals surface area contributed by atoms with Crippen LogP contribution in [0.1, 0.15) is 120 Å². The highest BCUT2D eigenvalue weighted by Gasteiger charge is 2.61. The molecule has 59 heavy (non-hydrogen) atoms. The van der Waals surface area contributed by atoms with Gasteiger partial charge in [-0.15, -0.1) is 0 Å². The van der Waals surface area contributed by atoms with E-state index in [-0.39, 0.29) is 21.7 Å². The first-order valence-electron chi connectivity index (χ1n) is 22.6. The number of anilines is 3. The average Bonchev–Trinajstić information content (AvgIpc) is 3.46. The number of rotatable bonds is 4. The molecule has 1 nitrogen and oxygen atoms in total. The second-order valence-corrected chi connectivity index (χ2v) is 22.3. The number of hydrogen-bond acceptors (Lipinski definition) is 2. The third kappa shape index (κ3) is 5.11. The van der Waals surface area contributed by atoms with E-state index in [1.54, 1.807) is 11.1 Å². The van der Waals surface area contributed by atoms with Crippen molar-refractivity contribution in [1.82, 2.24) is 0 Å². The van der Waals surface area contributed by atoms with Gasteiger partial charge < -0.3 is 4.90 Å². The molecule has 6 aromatic carbocycles. The maximum absolute atomic E-state index is 2.55. The molecule has 4 fully saturated rings. The minimum atomic E-state index is -0.0732. The van der Waals surface area contributed by atoms with Crippen molar-refractivity contribution >= 4 is 28.8 Å². The van der Waals surface area contributed by atoms with Gasteiger partial charge in [-0.1, -0.05) is 132 Å². The Hall–Kier alpha value is -4.53. The molecule has 0 amide bonds. The summed E-state index contributed by atoms with van der Waals surface area (Å²) in [5.74, 6) is 3.29. The molecule has 296 valence electrons. The Kier molecular flexibility index (Phi) is 7.70. The van der Waals surface area contributed by atoms with Crippen LogP contribution in [-0.2, 0) is 21.7 Å². The van der Waals surface area contributed by atoms with Gasteiger partial charge in [0.25, 0.3) is 0 Å². The molecule has 4 bridgehead atoms. The van der Waals surface area contributed by atoms with Crippen molar-refractivity contribution in [2.45, 2.75) is 118 Å². The lowest BCUT2D eigenvalue weighted by Crippen LogP contribution is -2.57. The van der Waals surface area contributed by atoms with E-state index in [4.69, 9.17) is 0 Å². The van der Waals surface area contributed by atoms with Crippen molar-refractivity contribution in [2.24, 2.45) is 23.7 Å². The minimum absolute atomic E-state index is 0.0732. The van der Waals surface area contributed by atoms with E-state index in [2.05, 4.69) is 174 Å². The lowest BCUT2D eigenvalue weighted by atomic mass is 9.41. The number of nitrogens with zero attached hydrogens (tertiary/aromatic N) is 1. The van der Waals surface area contributed by atoms with Crippen LogP contribution in [0, 0.1) is 23.7 Å². The van der Waals surface area contributed by atoms with E-state index >= 15 is 0 Å². The lowest BCUT2D eigenvalue weighted by molar-refractivity contribution is -0.0441. The molecular formula is C57H57NS. The third-order valence-electron chi connectivity index (χ3n) is 16.8. The SMILES string of the molecule is CC1(C)CCC(C)(C)c2cc(N(c3ccc(-c4cccc5c4C4(c6ccccc6S5)C5CC6CC(C5)CC4C6)cc3)c3ccc4c(c3)C(C)(C)c3ccccc3-4)ccc21. The molecule has 4 saturated carbocycles. The molecule has 0 saturated heterocycles. The normalized spacial score (nSPS) is 26.7. The van der Waals surface area contributed by atoms with Crippen LogP contribution in [0.2, 0.25) is 0 Å². The molecule has 7 aliphatic rings. The standard InChI is InChI=1S/C57H57NS/c1-54(2)26-27-55(3,4)50-34-42(23-25-47(50)54)58(41-22-24-45-44-12-7-8-14-46(44)56(5,6)49(45)33-41)40-20-18-37(19-21-40)43-13-11-17-52-53(43)57(48-15-9-10-16-51(48)59-52)38-29-35-28-36(31-38)32-39(57)30-35/h7-25,33-36,38-39H,26-32H2,1-6H3. The first kappa shape index (κ1) is 36.3. The fourth-order valence-electron chi connectivity index (χ4n) is 14.0. The monoisotopic (exact) mass is 787 g/mol. The van der Waals surface area contributed by atoms with Gasteiger partial charge in [0.15, 0.2) is 0 Å². The fourth-order valence-corrected chi connectivity index (χ4v) is 15.3. The highest BCUT2D eigenvalue weighted by Crippen LogP contribution is 2.70. The van der Waals surface area contributed by atoms with Crippen LogP contribution < -0.4 is 4.90 Å². The van der Waals surface area contributed by atoms with E-state index in [9.17, 15) is 0 Å². The van der Waals surface area contributed by atoms with Crippen molar-refractivity contribution < 1.29 is 0 Å². The molecule has 1 spiro atoms. The molecule has 0 atom stereocenters. The van der Waals surface area contributed by atoms with Crippen LogP contribution in [0.15, 0.2) is 137 Å². The molecular weight excluding hydrogens is 731 g/mol. The smallest absolute Gasteiger partial charge is 0.0465 e. The van der Waals surface area contributed by atoms with Gasteiger partial charge in [0.05, 0.1) is 0 Å². The largest absolute Gasteiger partial charge is 0.310 e. The van der Waals surface area contributed by atoms with Crippen molar-refractivity contribution in [3.8, 4) is 22.3 Å². The van der Waals surface area contributed by atoms with Crippen molar-refractivity contribution in [3.63, 3.8) is 0 Å². The summed E-state index contributed by atoms with van der Waals surface area (Å²) in [7, 11) is 0. The van der Waals surface area contributed by atoms with E-state index in [1.807, 2.05) is 11.8 Å². The molecule has 0 N–H and O–H groups in total. The Morgan fingerprint density at radius 3 is 1.75 bits per heavy atom. The Balaban J connectivity index is 1.01. The summed E-state index contributed by atoms with van der Waals surface area (Å²) in [4.78, 5) is 5.53. The Morgan fingerprint density at radius 2 is 1.02 bits per heavy atom. The third-order valence-corrected chi connectivity index (χ3v) is 17.9. The summed E-state index contributed by atoms with van der Waals surface area (Å²) < 4.78 is 0. The predicted octanol–water partition coefficient (Wildman–Crippen LogP) is 15.7. The maximum Gasteiger partial charge on any atom is 0.0465 e. The summed E-state index contributed by atoms with van der Waals surface area (Å²) in [5.41, 5.74) is 18.6. The van der Waals surface area contributed by atoms with Crippen LogP contribution >= 0.6 is 11.8 Å². The van der Waals surface area contributed by atoms with Gasteiger partial charge in [0.2, 0.25) is 0 Å². The Bertz CT molecular complexity index is 2660. The van der Waals surface area contributed by atoms with Crippen LogP contribution in [0.25, 0.3) is 22.3 Å². The van der Waals surface area contributed by atoms with Crippen LogP contribution in [0.4, 0.5) is 17.1 Å². The molecule has 0 radical (unpaired) electrons. The Labute approximate surface area is 356 Å². The topological polar surface area (TPSA) is 3.24 Å². The summed E-state index contributed by atoms with van der Waals surface area (Å²) in [5, 5.41) is 0. The fraction of sp³-hybridized carbons (Fsp3) is 0.368. The molecule has 13 rings (SSSR count). The summed E-state index contributed by atoms with van der Waals surface area (Å²) in [6, 6.07) is 50.2. The molecule has 6 aliphatic carbocycles. The zero-order chi connectivity index (χ0) is 40.1. The molecule has 0 unspecified atom stereocenters. The molecule has 1 aliphatic heterocycles. The molecule has 2 heteroatoms. The van der Waals surface area contributed by atoms with Crippen LogP contribution in [-0.4, -0.2) is 0 Å². The predicted molar refractivity (Wildman–Crippen MR) is 248 cm³/mol. The van der Waals surface area contributed by atoms with E-state index in [0.717, 1.165) is 23.7 Å². The summed E-state index contributed by atoms with van der Waals surface area (Å²) in [6.45, 7) is 14.6. The van der Waals surface area contributed by atoms with Gasteiger partial charge in [-0.3, -0.25) is 0 Å². The van der Waals surface area contributed by atoms with Gasteiger partial charge in [0, 0.05) is 37.7 Å². The number of fused-ring (bicyclic) bond motifs is 6. The summed E-state index contributed by atoms with van der Waals surface area (Å²) >= 11 is 2.02. The highest BCUT2D eigenvalue weighted by atomic mass is 32.2. The zero-order valence-corrected chi connectivity index (χ0v) is 36.6. The first-order valence-corrected chi connectivity index (χ1v) is 23.5. The van der Waals surface area contributed by atoms with Gasteiger partial charge in [-0.05, 0) is 184 Å². The molecule has 1 heterocycles. The first-order chi connectivity index (χ1) is 28.4. The second-order valence-electron chi connectivity index (χ2n) is 21.2. The summed E-state index contributed by atoms with van der Waals surface area (Å²) in [6.07, 6.45) is 9.47. The zero-order valence-electron chi connectivity index (χ0n) is 35.7. The van der Waals surface area contributed by atoms with Gasteiger partial charge in [-0.2, -0.15) is 0 Å². The number of hydrogen-bond donors (Lipinski definition) is 0. The van der Waals surface area contributed by atoms with Gasteiger partial charge in [-0.25, -0.2) is 0 Å². The van der Waals surface area contributed by atoms with Crippen LogP contribution in [0.3, 0.4) is 0 Å². The quantitative estimate of drug-likeness (QED) is 0.175. The van der Waals surface area contributed by atoms with Crippen molar-refractivity contribution in [2.75, 3.05) is 4.90 Å². The second kappa shape index (κ2) is 12.5. The van der Waals surface area contributed by atoms with E-state index in [1.165, 1.54) is 116 Å². The average molecular weight is 788 g/mol. The Morgan fingerprint density at radius 1 is 0.458 bits per heavy atom. The molecule has 0 aromatic heterocycles. The van der Waals surface area contributed by atoms with E-state index in [0.29, 0.717) is 0 Å². The highest BCUT2D eigenvalue weighted by molar-refractivity contribution is 7.99. The molecule has 6 aromatic rings. The number of benzene rings is 6. The van der Waals surface area contributed by atoms with Crippen LogP contribution in [0.5, 0.6) is 0 Å². The van der Waals surface area contributed by atoms with Crippen molar-refractivity contribution in [1.29, 1.82) is 0 Å². The minimum Gasteiger partial charge on any atom is -0.310 e. The maximum atomic E-state index is 2.55. The van der Waals surface area contributed by atoms with E-state index < -0.39 is 0 Å². The van der Waals surface area contributed by atoms with Gasteiger partial charge in [0.1, 0.15) is 0 Å². The van der Waals surface area contributed by atoms with Gasteiger partial charge >= 0.3 is 0 Å². The van der Waals surface area contributed by atoms with Crippen molar-refractivity contribution in [3.05, 3.63) is 161 Å². The lowest BCUT2D eigenvalue weighted by Gasteiger charge is -2.63.